The number of sulfonamides is 1. The van der Waals surface area contributed by atoms with Crippen LogP contribution in [0.5, 0.6) is 5.75 Å². The van der Waals surface area contributed by atoms with E-state index in [9.17, 15) is 13.5 Å². The molecule has 0 amide bonds. The van der Waals surface area contributed by atoms with Crippen LogP contribution in [-0.4, -0.2) is 52.3 Å². The summed E-state index contributed by atoms with van der Waals surface area (Å²) in [5.74, 6) is 1.52. The summed E-state index contributed by atoms with van der Waals surface area (Å²) in [7, 11) is -3.40. The van der Waals surface area contributed by atoms with Crippen molar-refractivity contribution in [2.24, 2.45) is 0 Å². The van der Waals surface area contributed by atoms with E-state index in [1.807, 2.05) is 19.1 Å². The molecule has 1 aliphatic carbocycles. The Morgan fingerprint density at radius 3 is 2.72 bits per heavy atom. The van der Waals surface area contributed by atoms with Crippen molar-refractivity contribution in [1.29, 1.82) is 0 Å². The molecule has 8 heteroatoms. The minimum absolute atomic E-state index is 0.165. The molecule has 2 atom stereocenters. The Labute approximate surface area is 190 Å². The van der Waals surface area contributed by atoms with E-state index in [0.29, 0.717) is 23.9 Å². The monoisotopic (exact) mass is 456 g/mol. The average Bonchev–Trinajstić information content (AvgIpc) is 2.95. The van der Waals surface area contributed by atoms with E-state index in [-0.39, 0.29) is 11.8 Å². The Hall–Kier alpha value is -2.19. The molecule has 0 unspecified atom stereocenters. The molecule has 3 fully saturated rings. The number of rotatable bonds is 4. The molecule has 1 aromatic heterocycles. The highest BCUT2D eigenvalue weighted by Gasteiger charge is 2.53. The van der Waals surface area contributed by atoms with Crippen LogP contribution in [0.1, 0.15) is 68.2 Å². The van der Waals surface area contributed by atoms with Crippen molar-refractivity contribution < 1.29 is 13.5 Å². The zero-order valence-corrected chi connectivity index (χ0v) is 19.7. The van der Waals surface area contributed by atoms with E-state index in [4.69, 9.17) is 0 Å². The van der Waals surface area contributed by atoms with Crippen LogP contribution in [0, 0.1) is 6.92 Å². The summed E-state index contributed by atoms with van der Waals surface area (Å²) in [5, 5.41) is 10.3. The van der Waals surface area contributed by atoms with Crippen LogP contribution in [-0.2, 0) is 16.6 Å². The van der Waals surface area contributed by atoms with E-state index >= 15 is 0 Å². The Balaban J connectivity index is 1.36. The van der Waals surface area contributed by atoms with Gasteiger partial charge in [-0.2, -0.15) is 0 Å². The highest BCUT2D eigenvalue weighted by Crippen LogP contribution is 2.45. The highest BCUT2D eigenvalue weighted by atomic mass is 32.2. The first-order valence-electron chi connectivity index (χ1n) is 11.7. The SMILES string of the molecule is Cc1cncc(N2[C@@]3(CCN(Cc4ccc(O)c(C5CCC5)c4)[C@@H](C)C3)CCS2(=O)=O)n1. The second-order valence-electron chi connectivity index (χ2n) is 9.87. The molecule has 2 saturated heterocycles. The smallest absolute Gasteiger partial charge is 0.236 e. The van der Waals surface area contributed by atoms with Gasteiger partial charge in [0.15, 0.2) is 5.82 Å². The van der Waals surface area contributed by atoms with Gasteiger partial charge in [0, 0.05) is 25.3 Å². The van der Waals surface area contributed by atoms with Crippen molar-refractivity contribution in [1.82, 2.24) is 14.9 Å². The maximum Gasteiger partial charge on any atom is 0.236 e. The Morgan fingerprint density at radius 2 is 2.03 bits per heavy atom. The normalized spacial score (nSPS) is 28.2. The van der Waals surface area contributed by atoms with E-state index in [0.717, 1.165) is 50.0 Å². The average molecular weight is 457 g/mol. The molecular formula is C24H32N4O3S. The van der Waals surface area contributed by atoms with Gasteiger partial charge in [0.05, 0.1) is 23.2 Å². The van der Waals surface area contributed by atoms with E-state index in [1.54, 1.807) is 16.7 Å². The van der Waals surface area contributed by atoms with E-state index < -0.39 is 15.6 Å². The van der Waals surface area contributed by atoms with Gasteiger partial charge in [0.1, 0.15) is 5.75 Å². The molecule has 3 aliphatic rings. The van der Waals surface area contributed by atoms with E-state index in [1.165, 1.54) is 12.0 Å². The van der Waals surface area contributed by atoms with Crippen molar-refractivity contribution >= 4 is 15.8 Å². The lowest BCUT2D eigenvalue weighted by Gasteiger charge is -2.47. The first-order valence-corrected chi connectivity index (χ1v) is 13.3. The molecule has 32 heavy (non-hydrogen) atoms. The molecule has 1 N–H and O–H groups in total. The van der Waals surface area contributed by atoms with Crippen LogP contribution in [0.2, 0.25) is 0 Å². The fourth-order valence-electron chi connectivity index (χ4n) is 5.72. The number of hydrogen-bond acceptors (Lipinski definition) is 6. The third-order valence-corrected chi connectivity index (χ3v) is 9.52. The maximum atomic E-state index is 13.0. The topological polar surface area (TPSA) is 86.6 Å². The zero-order chi connectivity index (χ0) is 22.5. The third-order valence-electron chi connectivity index (χ3n) is 7.67. The minimum Gasteiger partial charge on any atom is -0.508 e. The molecule has 0 bridgehead atoms. The summed E-state index contributed by atoms with van der Waals surface area (Å²) >= 11 is 0. The minimum atomic E-state index is -3.40. The third kappa shape index (κ3) is 3.77. The first-order chi connectivity index (χ1) is 15.3. The molecule has 0 radical (unpaired) electrons. The summed E-state index contributed by atoms with van der Waals surface area (Å²) in [6.45, 7) is 5.67. The van der Waals surface area contributed by atoms with Gasteiger partial charge in [-0.15, -0.1) is 0 Å². The highest BCUT2D eigenvalue weighted by molar-refractivity contribution is 7.93. The number of nitrogens with zero attached hydrogens (tertiary/aromatic N) is 4. The largest absolute Gasteiger partial charge is 0.508 e. The second-order valence-corrected chi connectivity index (χ2v) is 11.8. The van der Waals surface area contributed by atoms with E-state index in [2.05, 4.69) is 27.9 Å². The summed E-state index contributed by atoms with van der Waals surface area (Å²) in [6.07, 6.45) is 8.97. The number of anilines is 1. The molecular weight excluding hydrogens is 424 g/mol. The number of phenolic OH excluding ortho intramolecular Hbond substituents is 1. The van der Waals surface area contributed by atoms with Crippen molar-refractivity contribution in [3.8, 4) is 5.75 Å². The summed E-state index contributed by atoms with van der Waals surface area (Å²) < 4.78 is 27.6. The van der Waals surface area contributed by atoms with Gasteiger partial charge in [-0.1, -0.05) is 18.6 Å². The maximum absolute atomic E-state index is 13.0. The standard InChI is InChI=1S/C24H32N4O3S/c1-17-14-25-15-23(26-17)28-24(9-11-32(28,30)31)8-10-27(18(2)13-24)16-19-6-7-22(29)21(12-19)20-4-3-5-20/h6-7,12,14-15,18,20,29H,3-5,8-11,13,16H2,1-2H3/t18-,24-/m0/s1. The molecule has 1 aromatic carbocycles. The van der Waals surface area contributed by atoms with Gasteiger partial charge in [-0.05, 0) is 69.1 Å². The summed E-state index contributed by atoms with van der Waals surface area (Å²) in [5.41, 5.74) is 2.59. The Bertz CT molecular complexity index is 1120. The van der Waals surface area contributed by atoms with Crippen molar-refractivity contribution in [2.75, 3.05) is 16.6 Å². The van der Waals surface area contributed by atoms with Gasteiger partial charge >= 0.3 is 0 Å². The molecule has 3 heterocycles. The van der Waals surface area contributed by atoms with Crippen molar-refractivity contribution in [3.63, 3.8) is 0 Å². The number of benzene rings is 1. The lowest BCUT2D eigenvalue weighted by atomic mass is 9.79. The second kappa shape index (κ2) is 7.99. The number of piperidine rings is 1. The van der Waals surface area contributed by atoms with Crippen LogP contribution in [0.25, 0.3) is 0 Å². The molecule has 7 nitrogen and oxygen atoms in total. The number of likely N-dealkylation sites (tertiary alicyclic amines) is 1. The lowest BCUT2D eigenvalue weighted by molar-refractivity contribution is 0.102. The number of aromatic nitrogens is 2. The fourth-order valence-corrected chi connectivity index (χ4v) is 7.76. The lowest BCUT2D eigenvalue weighted by Crippen LogP contribution is -2.56. The molecule has 1 spiro atoms. The van der Waals surface area contributed by atoms with Crippen LogP contribution in [0.15, 0.2) is 30.6 Å². The van der Waals surface area contributed by atoms with Gasteiger partial charge in [-0.3, -0.25) is 9.88 Å². The van der Waals surface area contributed by atoms with Gasteiger partial charge in [0.25, 0.3) is 0 Å². The Morgan fingerprint density at radius 1 is 1.22 bits per heavy atom. The molecule has 2 aromatic rings. The molecule has 2 aliphatic heterocycles. The zero-order valence-electron chi connectivity index (χ0n) is 18.9. The van der Waals surface area contributed by atoms with Crippen molar-refractivity contribution in [3.05, 3.63) is 47.4 Å². The van der Waals surface area contributed by atoms with Gasteiger partial charge in [0.2, 0.25) is 10.0 Å². The molecule has 1 saturated carbocycles. The molecule has 172 valence electrons. The predicted octanol–water partition coefficient (Wildman–Crippen LogP) is 3.72. The van der Waals surface area contributed by atoms with Crippen LogP contribution in [0.3, 0.4) is 0 Å². The molecule has 5 rings (SSSR count). The van der Waals surface area contributed by atoms with Gasteiger partial charge < -0.3 is 5.11 Å². The van der Waals surface area contributed by atoms with Crippen LogP contribution in [0.4, 0.5) is 5.82 Å². The first kappa shape index (κ1) is 21.6. The summed E-state index contributed by atoms with van der Waals surface area (Å²) in [4.78, 5) is 11.1. The predicted molar refractivity (Wildman–Crippen MR) is 124 cm³/mol. The fraction of sp³-hybridized carbons (Fsp3) is 0.583. The van der Waals surface area contributed by atoms with Crippen molar-refractivity contribution in [2.45, 2.75) is 76.4 Å². The number of phenols is 1. The summed E-state index contributed by atoms with van der Waals surface area (Å²) in [6, 6.07) is 6.26. The van der Waals surface area contributed by atoms with Gasteiger partial charge in [-0.25, -0.2) is 17.7 Å². The van der Waals surface area contributed by atoms with Crippen LogP contribution >= 0.6 is 0 Å². The van der Waals surface area contributed by atoms with Crippen LogP contribution < -0.4 is 4.31 Å². The quantitative estimate of drug-likeness (QED) is 0.755. The Kier molecular flexibility index (Phi) is 5.40. The number of aromatic hydroxyl groups is 1. The number of aryl methyl sites for hydroxylation is 1. The number of hydrogen-bond donors (Lipinski definition) is 1.